The van der Waals surface area contributed by atoms with E-state index < -0.39 is 23.6 Å². The average Bonchev–Trinajstić information content (AvgIpc) is 2.77. The number of hydrogen-bond acceptors (Lipinski definition) is 3. The van der Waals surface area contributed by atoms with Crippen molar-refractivity contribution in [3.8, 4) is 0 Å². The summed E-state index contributed by atoms with van der Waals surface area (Å²) in [4.78, 5) is 22.1. The van der Waals surface area contributed by atoms with Gasteiger partial charge in [0.2, 0.25) is 11.4 Å². The molecule has 0 aliphatic carbocycles. The predicted octanol–water partition coefficient (Wildman–Crippen LogP) is 0.795. The van der Waals surface area contributed by atoms with Gasteiger partial charge in [0.25, 0.3) is 0 Å². The van der Waals surface area contributed by atoms with Crippen molar-refractivity contribution in [3.05, 3.63) is 18.5 Å². The van der Waals surface area contributed by atoms with Crippen LogP contribution in [0.25, 0.3) is 0 Å². The molecular formula is C10H12F3N3O3. The second-order valence-corrected chi connectivity index (χ2v) is 4.00. The van der Waals surface area contributed by atoms with Gasteiger partial charge >= 0.3 is 12.1 Å². The van der Waals surface area contributed by atoms with E-state index in [-0.39, 0.29) is 13.0 Å². The van der Waals surface area contributed by atoms with Gasteiger partial charge in [0, 0.05) is 25.4 Å². The third-order valence-corrected chi connectivity index (χ3v) is 2.51. The Balaban J connectivity index is 2.65. The lowest BCUT2D eigenvalue weighted by Crippen LogP contribution is -2.61. The molecule has 0 fully saturated rings. The standard InChI is InChI=1S/C10H12F3N3O3/c1-9(8(18)19,10(11,12)13)15-7(17)3-6-16-5-2-4-14-16/h2,4-5H,3,6H2,1H3,(H,15,17)(H,18,19). The normalized spacial score (nSPS) is 14.7. The van der Waals surface area contributed by atoms with Gasteiger partial charge in [-0.3, -0.25) is 9.48 Å². The zero-order chi connectivity index (χ0) is 14.7. The summed E-state index contributed by atoms with van der Waals surface area (Å²) >= 11 is 0. The van der Waals surface area contributed by atoms with Crippen molar-refractivity contribution in [2.75, 3.05) is 0 Å². The monoisotopic (exact) mass is 279 g/mol. The number of alkyl halides is 3. The molecule has 1 aromatic heterocycles. The Labute approximate surface area is 106 Å². The summed E-state index contributed by atoms with van der Waals surface area (Å²) in [6, 6.07) is 1.59. The molecule has 0 saturated heterocycles. The highest BCUT2D eigenvalue weighted by atomic mass is 19.4. The molecule has 6 nitrogen and oxygen atoms in total. The summed E-state index contributed by atoms with van der Waals surface area (Å²) in [6.45, 7) is 0.466. The average molecular weight is 279 g/mol. The van der Waals surface area contributed by atoms with Crippen molar-refractivity contribution in [2.45, 2.75) is 31.6 Å². The molecule has 0 spiro atoms. The second-order valence-electron chi connectivity index (χ2n) is 4.00. The SMILES string of the molecule is CC(NC(=O)CCn1cccn1)(C(=O)O)C(F)(F)F. The first-order valence-corrected chi connectivity index (χ1v) is 5.25. The fraction of sp³-hybridized carbons (Fsp3) is 0.500. The first-order valence-electron chi connectivity index (χ1n) is 5.25. The maximum Gasteiger partial charge on any atom is 0.422 e. The molecular weight excluding hydrogens is 267 g/mol. The Bertz CT molecular complexity index is 458. The summed E-state index contributed by atoms with van der Waals surface area (Å²) in [5, 5.41) is 13.9. The van der Waals surface area contributed by atoms with Crippen LogP contribution in [-0.4, -0.2) is 38.5 Å². The molecule has 1 amide bonds. The molecule has 0 aromatic carbocycles. The van der Waals surface area contributed by atoms with E-state index in [9.17, 15) is 22.8 Å². The quantitative estimate of drug-likeness (QED) is 0.834. The Morgan fingerprint density at radius 3 is 2.47 bits per heavy atom. The molecule has 0 bridgehead atoms. The van der Waals surface area contributed by atoms with E-state index in [1.54, 1.807) is 6.07 Å². The van der Waals surface area contributed by atoms with Crippen LogP contribution in [0.3, 0.4) is 0 Å². The third-order valence-electron chi connectivity index (χ3n) is 2.51. The maximum atomic E-state index is 12.6. The first kappa shape index (κ1) is 15.0. The summed E-state index contributed by atoms with van der Waals surface area (Å²) in [5.74, 6) is -3.18. The lowest BCUT2D eigenvalue weighted by Gasteiger charge is -2.28. The molecule has 0 aliphatic heterocycles. The minimum absolute atomic E-state index is 0.0619. The molecule has 1 rings (SSSR count). The van der Waals surface area contributed by atoms with Gasteiger partial charge < -0.3 is 10.4 Å². The van der Waals surface area contributed by atoms with Gasteiger partial charge in [0.15, 0.2) is 0 Å². The highest BCUT2D eigenvalue weighted by Crippen LogP contribution is 2.30. The van der Waals surface area contributed by atoms with E-state index in [1.165, 1.54) is 22.4 Å². The summed E-state index contributed by atoms with van der Waals surface area (Å²) in [7, 11) is 0. The molecule has 9 heteroatoms. The molecule has 1 atom stereocenters. The number of aliphatic carboxylic acids is 1. The molecule has 1 heterocycles. The van der Waals surface area contributed by atoms with Crippen LogP contribution in [-0.2, 0) is 16.1 Å². The van der Waals surface area contributed by atoms with Crippen molar-refractivity contribution in [3.63, 3.8) is 0 Å². The van der Waals surface area contributed by atoms with Gasteiger partial charge in [-0.1, -0.05) is 0 Å². The number of halogens is 3. The molecule has 106 valence electrons. The molecule has 0 radical (unpaired) electrons. The second kappa shape index (κ2) is 5.29. The number of carbonyl (C=O) groups is 2. The Kier molecular flexibility index (Phi) is 4.17. The third kappa shape index (κ3) is 3.46. The van der Waals surface area contributed by atoms with Crippen LogP contribution >= 0.6 is 0 Å². The number of carbonyl (C=O) groups excluding carboxylic acids is 1. The van der Waals surface area contributed by atoms with Crippen molar-refractivity contribution < 1.29 is 27.9 Å². The van der Waals surface area contributed by atoms with Crippen LogP contribution < -0.4 is 5.32 Å². The topological polar surface area (TPSA) is 84.2 Å². The maximum absolute atomic E-state index is 12.6. The van der Waals surface area contributed by atoms with Gasteiger partial charge in [-0.25, -0.2) is 4.79 Å². The van der Waals surface area contributed by atoms with Crippen molar-refractivity contribution >= 4 is 11.9 Å². The van der Waals surface area contributed by atoms with Gasteiger partial charge in [-0.2, -0.15) is 18.3 Å². The minimum atomic E-state index is -5.08. The van der Waals surface area contributed by atoms with Crippen molar-refractivity contribution in [1.29, 1.82) is 0 Å². The Hall–Kier alpha value is -2.06. The Morgan fingerprint density at radius 2 is 2.05 bits per heavy atom. The van der Waals surface area contributed by atoms with Crippen molar-refractivity contribution in [1.82, 2.24) is 15.1 Å². The zero-order valence-electron chi connectivity index (χ0n) is 9.94. The smallest absolute Gasteiger partial charge is 0.422 e. The van der Waals surface area contributed by atoms with E-state index in [2.05, 4.69) is 5.10 Å². The fourth-order valence-corrected chi connectivity index (χ4v) is 1.24. The Morgan fingerprint density at radius 1 is 1.42 bits per heavy atom. The fourth-order valence-electron chi connectivity index (χ4n) is 1.24. The molecule has 0 aliphatic rings. The van der Waals surface area contributed by atoms with Gasteiger partial charge in [0.1, 0.15) is 0 Å². The van der Waals surface area contributed by atoms with Crippen LogP contribution in [0, 0.1) is 0 Å². The van der Waals surface area contributed by atoms with E-state index in [1.807, 2.05) is 0 Å². The summed E-state index contributed by atoms with van der Waals surface area (Å²) < 4.78 is 39.2. The van der Waals surface area contributed by atoms with Crippen molar-refractivity contribution in [2.24, 2.45) is 0 Å². The number of aromatic nitrogens is 2. The first-order chi connectivity index (χ1) is 8.67. The molecule has 19 heavy (non-hydrogen) atoms. The molecule has 2 N–H and O–H groups in total. The lowest BCUT2D eigenvalue weighted by molar-refractivity contribution is -0.207. The highest BCUT2D eigenvalue weighted by Gasteiger charge is 2.58. The molecule has 0 saturated carbocycles. The van der Waals surface area contributed by atoms with Gasteiger partial charge in [-0.05, 0) is 13.0 Å². The van der Waals surface area contributed by atoms with E-state index in [0.717, 1.165) is 0 Å². The molecule has 1 unspecified atom stereocenters. The largest absolute Gasteiger partial charge is 0.479 e. The number of amides is 1. The van der Waals surface area contributed by atoms with Crippen LogP contribution in [0.4, 0.5) is 13.2 Å². The van der Waals surface area contributed by atoms with Crippen LogP contribution in [0.2, 0.25) is 0 Å². The van der Waals surface area contributed by atoms with E-state index >= 15 is 0 Å². The number of hydrogen-bond donors (Lipinski definition) is 2. The molecule has 1 aromatic rings. The minimum Gasteiger partial charge on any atom is -0.479 e. The summed E-state index contributed by atoms with van der Waals surface area (Å²) in [5.41, 5.74) is -3.30. The van der Waals surface area contributed by atoms with Crippen LogP contribution in [0.5, 0.6) is 0 Å². The predicted molar refractivity (Wildman–Crippen MR) is 57.1 cm³/mol. The number of nitrogens with one attached hydrogen (secondary N) is 1. The van der Waals surface area contributed by atoms with E-state index in [4.69, 9.17) is 5.11 Å². The van der Waals surface area contributed by atoms with Crippen LogP contribution in [0.1, 0.15) is 13.3 Å². The number of carboxylic acid groups (broad SMARTS) is 1. The van der Waals surface area contributed by atoms with Crippen LogP contribution in [0.15, 0.2) is 18.5 Å². The van der Waals surface area contributed by atoms with Gasteiger partial charge in [0.05, 0.1) is 0 Å². The summed E-state index contributed by atoms with van der Waals surface area (Å²) in [6.07, 6.45) is -2.40. The number of rotatable bonds is 5. The number of nitrogens with zero attached hydrogens (tertiary/aromatic N) is 2. The lowest BCUT2D eigenvalue weighted by atomic mass is 10.0. The number of aryl methyl sites for hydroxylation is 1. The number of carboxylic acids is 1. The van der Waals surface area contributed by atoms with E-state index in [0.29, 0.717) is 6.92 Å². The van der Waals surface area contributed by atoms with Gasteiger partial charge in [-0.15, -0.1) is 0 Å². The zero-order valence-corrected chi connectivity index (χ0v) is 9.94. The highest BCUT2D eigenvalue weighted by molar-refractivity contribution is 5.87.